The van der Waals surface area contributed by atoms with Gasteiger partial charge in [0.05, 0.1) is 0 Å². The summed E-state index contributed by atoms with van der Waals surface area (Å²) in [7, 11) is 0. The van der Waals surface area contributed by atoms with Crippen LogP contribution in [0, 0.1) is 0 Å². The van der Waals surface area contributed by atoms with Crippen molar-refractivity contribution in [3.05, 3.63) is 70.3 Å². The standard InChI is InChI=1S/2C8H10O.Fe/c2*1-6-3-4-8(5-6)7(2)9;/h2*3-5,9H,1-2H3;/q;;+2/p-2. The van der Waals surface area contributed by atoms with Gasteiger partial charge in [0.1, 0.15) is 0 Å². The Hall–Kier alpha value is -1.44. The van der Waals surface area contributed by atoms with Crippen LogP contribution in [0.2, 0.25) is 0 Å². The Morgan fingerprint density at radius 2 is 1.05 bits per heavy atom. The van der Waals surface area contributed by atoms with Gasteiger partial charge >= 0.3 is 17.1 Å². The molecule has 0 unspecified atom stereocenters. The average molecular weight is 298 g/mol. The molecule has 0 amide bonds. The molecule has 0 atom stereocenters. The fraction of sp³-hybridized carbons (Fsp3) is 0.250. The molecular formula is C16H18FeO2. The van der Waals surface area contributed by atoms with Crippen LogP contribution in [0.25, 0.3) is 0 Å². The second-order valence-corrected chi connectivity index (χ2v) is 4.47. The van der Waals surface area contributed by atoms with Gasteiger partial charge in [0.25, 0.3) is 0 Å². The summed E-state index contributed by atoms with van der Waals surface area (Å²) < 4.78 is 0. The smallest absolute Gasteiger partial charge is 0.875 e. The first-order chi connectivity index (χ1) is 8.40. The summed E-state index contributed by atoms with van der Waals surface area (Å²) in [6, 6.07) is 0. The Morgan fingerprint density at radius 1 is 0.737 bits per heavy atom. The molecule has 0 aromatic heterocycles. The molecule has 0 bridgehead atoms. The summed E-state index contributed by atoms with van der Waals surface area (Å²) in [5.41, 5.74) is 3.93. The van der Waals surface area contributed by atoms with Crippen molar-refractivity contribution in [2.24, 2.45) is 0 Å². The molecule has 2 aliphatic carbocycles. The summed E-state index contributed by atoms with van der Waals surface area (Å²) in [5.74, 6) is 0.284. The van der Waals surface area contributed by atoms with Gasteiger partial charge in [-0.05, 0) is 25.0 Å². The van der Waals surface area contributed by atoms with Gasteiger partial charge in [0, 0.05) is 0 Å². The van der Waals surface area contributed by atoms with E-state index in [2.05, 4.69) is 0 Å². The monoisotopic (exact) mass is 298 g/mol. The van der Waals surface area contributed by atoms with Crippen LogP contribution in [0.1, 0.15) is 27.7 Å². The van der Waals surface area contributed by atoms with E-state index in [0.717, 1.165) is 22.3 Å². The van der Waals surface area contributed by atoms with Gasteiger partial charge in [0.15, 0.2) is 0 Å². The van der Waals surface area contributed by atoms with E-state index in [9.17, 15) is 10.2 Å². The molecule has 0 saturated carbocycles. The fourth-order valence-corrected chi connectivity index (χ4v) is 1.56. The molecule has 3 heteroatoms. The van der Waals surface area contributed by atoms with Crippen molar-refractivity contribution in [3.63, 3.8) is 0 Å². The maximum atomic E-state index is 10.7. The van der Waals surface area contributed by atoms with Gasteiger partial charge in [0.2, 0.25) is 0 Å². The maximum absolute atomic E-state index is 10.7. The number of hydrogen-bond donors (Lipinski definition) is 0. The Labute approximate surface area is 125 Å². The van der Waals surface area contributed by atoms with E-state index < -0.39 is 0 Å². The van der Waals surface area contributed by atoms with Gasteiger partial charge in [-0.15, -0.1) is 11.5 Å². The predicted octanol–water partition coefficient (Wildman–Crippen LogP) is 2.27. The van der Waals surface area contributed by atoms with Crippen LogP contribution < -0.4 is 10.2 Å². The van der Waals surface area contributed by atoms with Gasteiger partial charge in [-0.25, -0.2) is 0 Å². The first-order valence-electron chi connectivity index (χ1n) is 5.88. The molecular weight excluding hydrogens is 280 g/mol. The third-order valence-electron chi connectivity index (χ3n) is 2.63. The van der Waals surface area contributed by atoms with Crippen LogP contribution in [0.15, 0.2) is 70.3 Å². The van der Waals surface area contributed by atoms with Crippen molar-refractivity contribution in [2.45, 2.75) is 27.7 Å². The molecule has 0 aromatic rings. The minimum absolute atomic E-state index is 0. The Balaban J connectivity index is 0.000000324. The molecule has 0 aliphatic heterocycles. The largest absolute Gasteiger partial charge is 2.00 e. The van der Waals surface area contributed by atoms with E-state index in [0.29, 0.717) is 0 Å². The zero-order chi connectivity index (χ0) is 13.7. The van der Waals surface area contributed by atoms with Crippen molar-refractivity contribution in [1.82, 2.24) is 0 Å². The second-order valence-electron chi connectivity index (χ2n) is 4.47. The average Bonchev–Trinajstić information content (AvgIpc) is 2.88. The zero-order valence-electron chi connectivity index (χ0n) is 11.6. The van der Waals surface area contributed by atoms with E-state index >= 15 is 0 Å². The molecule has 0 saturated heterocycles. The molecule has 0 spiro atoms. The van der Waals surface area contributed by atoms with Crippen molar-refractivity contribution >= 4 is 0 Å². The van der Waals surface area contributed by atoms with E-state index in [4.69, 9.17) is 0 Å². The summed E-state index contributed by atoms with van der Waals surface area (Å²) in [6.45, 7) is 7.11. The quantitative estimate of drug-likeness (QED) is 0.509. The molecule has 2 nitrogen and oxygen atoms in total. The van der Waals surface area contributed by atoms with Gasteiger partial charge in [-0.2, -0.15) is 0 Å². The summed E-state index contributed by atoms with van der Waals surface area (Å²) >= 11 is 0. The van der Waals surface area contributed by atoms with E-state index in [1.54, 1.807) is 13.8 Å². The summed E-state index contributed by atoms with van der Waals surface area (Å²) in [6.07, 6.45) is 11.4. The van der Waals surface area contributed by atoms with Crippen LogP contribution in [0.5, 0.6) is 0 Å². The number of rotatable bonds is 0. The minimum atomic E-state index is 0. The van der Waals surface area contributed by atoms with Crippen molar-refractivity contribution in [2.75, 3.05) is 0 Å². The Kier molecular flexibility index (Phi) is 7.28. The molecule has 19 heavy (non-hydrogen) atoms. The molecule has 102 valence electrons. The van der Waals surface area contributed by atoms with Crippen molar-refractivity contribution < 1.29 is 27.3 Å². The first-order valence-corrected chi connectivity index (χ1v) is 5.88. The minimum Gasteiger partial charge on any atom is -0.875 e. The van der Waals surface area contributed by atoms with Gasteiger partial charge in [-0.1, -0.05) is 61.4 Å². The van der Waals surface area contributed by atoms with Crippen LogP contribution in [-0.4, -0.2) is 0 Å². The van der Waals surface area contributed by atoms with E-state index in [1.807, 2.05) is 50.3 Å². The SMILES string of the molecule is CC1=CC(=C(C)[O-])C=C1.CC1=CC(=C(C)[O-])C=C1.[Fe+2]. The molecule has 0 radical (unpaired) electrons. The molecule has 0 fully saturated rings. The van der Waals surface area contributed by atoms with Gasteiger partial charge < -0.3 is 10.2 Å². The number of hydrogen-bond acceptors (Lipinski definition) is 2. The molecule has 0 aromatic carbocycles. The molecule has 0 N–H and O–H groups in total. The van der Waals surface area contributed by atoms with E-state index in [-0.39, 0.29) is 28.6 Å². The maximum Gasteiger partial charge on any atom is 2.00 e. The van der Waals surface area contributed by atoms with E-state index in [1.165, 1.54) is 0 Å². The van der Waals surface area contributed by atoms with Crippen molar-refractivity contribution in [1.29, 1.82) is 0 Å². The van der Waals surface area contributed by atoms with Crippen LogP contribution in [-0.2, 0) is 17.1 Å². The van der Waals surface area contributed by atoms with Gasteiger partial charge in [-0.3, -0.25) is 0 Å². The van der Waals surface area contributed by atoms with Crippen molar-refractivity contribution in [3.8, 4) is 0 Å². The van der Waals surface area contributed by atoms with Crippen LogP contribution >= 0.6 is 0 Å². The first kappa shape index (κ1) is 17.6. The third-order valence-corrected chi connectivity index (χ3v) is 2.63. The zero-order valence-corrected chi connectivity index (χ0v) is 12.7. The molecule has 2 aliphatic rings. The predicted molar refractivity (Wildman–Crippen MR) is 71.2 cm³/mol. The Bertz CT molecular complexity index is 459. The molecule has 2 rings (SSSR count). The topological polar surface area (TPSA) is 46.1 Å². The fourth-order valence-electron chi connectivity index (χ4n) is 1.56. The summed E-state index contributed by atoms with van der Waals surface area (Å²) in [4.78, 5) is 0. The van der Waals surface area contributed by atoms with Crippen LogP contribution in [0.4, 0.5) is 0 Å². The number of allylic oxidation sites excluding steroid dienone is 12. The Morgan fingerprint density at radius 3 is 1.16 bits per heavy atom. The van der Waals surface area contributed by atoms with Crippen LogP contribution in [0.3, 0.4) is 0 Å². The summed E-state index contributed by atoms with van der Waals surface area (Å²) in [5, 5.41) is 21.3. The normalized spacial score (nSPS) is 21.1. The molecule has 0 heterocycles. The third kappa shape index (κ3) is 5.82. The second kappa shape index (κ2) is 7.88.